The number of aromatic nitrogens is 2. The number of nitrogens with zero attached hydrogens (tertiary/aromatic N) is 2. The number of fused-ring (bicyclic) bond motifs is 1. The quantitative estimate of drug-likeness (QED) is 0.334. The average Bonchev–Trinajstić information content (AvgIpc) is 2.80. The Morgan fingerprint density at radius 2 is 1.75 bits per heavy atom. The maximum atomic E-state index is 13.0. The second-order valence-electron chi connectivity index (χ2n) is 7.31. The highest BCUT2D eigenvalue weighted by atomic mass is 16.5. The fourth-order valence-corrected chi connectivity index (χ4v) is 3.50. The molecular formula is C24H20N4O4. The first-order valence-electron chi connectivity index (χ1n) is 9.85. The van der Waals surface area contributed by atoms with Crippen molar-refractivity contribution in [3.05, 3.63) is 94.5 Å². The molecule has 32 heavy (non-hydrogen) atoms. The third-order valence-corrected chi connectivity index (χ3v) is 4.98. The van der Waals surface area contributed by atoms with Gasteiger partial charge in [0.05, 0.1) is 23.8 Å². The molecule has 3 N–H and O–H groups in total. The lowest BCUT2D eigenvalue weighted by Gasteiger charge is -2.10. The number of hydrogen-bond acceptors (Lipinski definition) is 5. The number of hydrogen-bond donors (Lipinski definition) is 3. The van der Waals surface area contributed by atoms with Gasteiger partial charge in [-0.1, -0.05) is 30.3 Å². The lowest BCUT2D eigenvalue weighted by molar-refractivity contribution is -0.114. The average molecular weight is 428 g/mol. The molecule has 8 nitrogen and oxygen atoms in total. The molecule has 0 radical (unpaired) electrons. The van der Waals surface area contributed by atoms with Crippen LogP contribution in [0.15, 0.2) is 77.9 Å². The molecule has 0 fully saturated rings. The number of anilines is 1. The van der Waals surface area contributed by atoms with Gasteiger partial charge in [0.2, 0.25) is 5.91 Å². The Balaban J connectivity index is 1.66. The summed E-state index contributed by atoms with van der Waals surface area (Å²) in [5, 5.41) is 11.9. The van der Waals surface area contributed by atoms with Crippen LogP contribution in [0.2, 0.25) is 0 Å². The first-order chi connectivity index (χ1) is 15.4. The zero-order chi connectivity index (χ0) is 22.7. The van der Waals surface area contributed by atoms with E-state index in [2.05, 4.69) is 10.3 Å². The Labute approximate surface area is 183 Å². The molecule has 2 amide bonds. The Bertz CT molecular complexity index is 1390. The van der Waals surface area contributed by atoms with E-state index in [1.807, 2.05) is 48.5 Å². The van der Waals surface area contributed by atoms with Gasteiger partial charge < -0.3 is 5.32 Å². The maximum Gasteiger partial charge on any atom is 0.274 e. The van der Waals surface area contributed by atoms with Crippen LogP contribution in [0.4, 0.5) is 5.69 Å². The lowest BCUT2D eigenvalue weighted by Crippen LogP contribution is -2.23. The third-order valence-electron chi connectivity index (χ3n) is 4.98. The topological polar surface area (TPSA) is 113 Å². The molecule has 3 aromatic carbocycles. The molecule has 8 heteroatoms. The first-order valence-corrected chi connectivity index (χ1v) is 9.85. The smallest absolute Gasteiger partial charge is 0.274 e. The van der Waals surface area contributed by atoms with Crippen molar-refractivity contribution in [3.63, 3.8) is 0 Å². The zero-order valence-electron chi connectivity index (χ0n) is 17.2. The van der Waals surface area contributed by atoms with E-state index in [0.717, 1.165) is 16.7 Å². The van der Waals surface area contributed by atoms with Crippen LogP contribution in [0.5, 0.6) is 0 Å². The van der Waals surface area contributed by atoms with E-state index in [4.69, 9.17) is 5.21 Å². The molecule has 1 heterocycles. The van der Waals surface area contributed by atoms with Crippen LogP contribution in [0, 0.1) is 0 Å². The summed E-state index contributed by atoms with van der Waals surface area (Å²) < 4.78 is 1.47. The Morgan fingerprint density at radius 1 is 1.00 bits per heavy atom. The second-order valence-corrected chi connectivity index (χ2v) is 7.31. The fourth-order valence-electron chi connectivity index (χ4n) is 3.50. The molecule has 4 aromatic rings. The van der Waals surface area contributed by atoms with Crippen LogP contribution in [0.1, 0.15) is 22.8 Å². The number of benzene rings is 3. The van der Waals surface area contributed by atoms with E-state index in [9.17, 15) is 14.4 Å². The molecule has 0 atom stereocenters. The largest absolute Gasteiger partial charge is 0.326 e. The van der Waals surface area contributed by atoms with Gasteiger partial charge in [0.25, 0.3) is 11.5 Å². The number of carbonyl (C=O) groups excluding carboxylic acids is 2. The van der Waals surface area contributed by atoms with E-state index >= 15 is 0 Å². The van der Waals surface area contributed by atoms with Gasteiger partial charge in [-0.3, -0.25) is 24.2 Å². The molecule has 0 spiro atoms. The molecular weight excluding hydrogens is 408 g/mol. The standard InChI is InChI=1S/C24H20N4O4/c1-15(29)26-20-7-3-6-18(11-20)17-5-2-4-16(10-17)13-28-14-25-22-9-8-19(23(30)27-32)12-21(22)24(28)31/h2-12,14,32H,13H2,1H3,(H,26,29)(H,27,30). The van der Waals surface area contributed by atoms with Crippen molar-refractivity contribution in [3.8, 4) is 11.1 Å². The number of hydroxylamine groups is 1. The Morgan fingerprint density at radius 3 is 2.50 bits per heavy atom. The van der Waals surface area contributed by atoms with E-state index in [1.54, 1.807) is 11.5 Å². The highest BCUT2D eigenvalue weighted by Gasteiger charge is 2.10. The minimum Gasteiger partial charge on any atom is -0.326 e. The monoisotopic (exact) mass is 428 g/mol. The van der Waals surface area contributed by atoms with Crippen molar-refractivity contribution in [1.82, 2.24) is 15.0 Å². The Kier molecular flexibility index (Phi) is 5.78. The molecule has 0 saturated heterocycles. The highest BCUT2D eigenvalue weighted by molar-refractivity contribution is 5.97. The second kappa shape index (κ2) is 8.83. The number of amides is 2. The molecule has 0 aliphatic heterocycles. The molecule has 0 aliphatic rings. The van der Waals surface area contributed by atoms with Crippen molar-refractivity contribution < 1.29 is 14.8 Å². The van der Waals surface area contributed by atoms with Gasteiger partial charge in [0.1, 0.15) is 0 Å². The van der Waals surface area contributed by atoms with Crippen molar-refractivity contribution in [2.45, 2.75) is 13.5 Å². The van der Waals surface area contributed by atoms with Crippen LogP contribution in [0.25, 0.3) is 22.0 Å². The van der Waals surface area contributed by atoms with Crippen LogP contribution in [-0.4, -0.2) is 26.6 Å². The molecule has 4 rings (SSSR count). The molecule has 0 aliphatic carbocycles. The zero-order valence-corrected chi connectivity index (χ0v) is 17.2. The summed E-state index contributed by atoms with van der Waals surface area (Å²) in [6.45, 7) is 1.75. The summed E-state index contributed by atoms with van der Waals surface area (Å²) in [5.74, 6) is -0.838. The van der Waals surface area contributed by atoms with Gasteiger partial charge in [-0.15, -0.1) is 0 Å². The minimum atomic E-state index is -0.698. The molecule has 160 valence electrons. The summed E-state index contributed by atoms with van der Waals surface area (Å²) in [7, 11) is 0. The van der Waals surface area contributed by atoms with Crippen LogP contribution in [-0.2, 0) is 11.3 Å². The summed E-state index contributed by atoms with van der Waals surface area (Å²) >= 11 is 0. The summed E-state index contributed by atoms with van der Waals surface area (Å²) in [5.41, 5.74) is 5.37. The van der Waals surface area contributed by atoms with Gasteiger partial charge in [0, 0.05) is 18.2 Å². The van der Waals surface area contributed by atoms with Crippen molar-refractivity contribution in [1.29, 1.82) is 0 Å². The summed E-state index contributed by atoms with van der Waals surface area (Å²) in [6.07, 6.45) is 1.47. The van der Waals surface area contributed by atoms with E-state index < -0.39 is 5.91 Å². The van der Waals surface area contributed by atoms with E-state index in [1.165, 1.54) is 30.0 Å². The lowest BCUT2D eigenvalue weighted by atomic mass is 10.0. The van der Waals surface area contributed by atoms with Crippen LogP contribution >= 0.6 is 0 Å². The van der Waals surface area contributed by atoms with Gasteiger partial charge in [-0.05, 0) is 53.1 Å². The molecule has 0 bridgehead atoms. The van der Waals surface area contributed by atoms with Gasteiger partial charge in [-0.25, -0.2) is 10.5 Å². The fraction of sp³-hybridized carbons (Fsp3) is 0.0833. The van der Waals surface area contributed by atoms with Gasteiger partial charge >= 0.3 is 0 Å². The number of rotatable bonds is 5. The van der Waals surface area contributed by atoms with Crippen molar-refractivity contribution in [2.75, 3.05) is 5.32 Å². The summed E-state index contributed by atoms with van der Waals surface area (Å²) in [4.78, 5) is 40.3. The predicted octanol–water partition coefficient (Wildman–Crippen LogP) is 3.19. The molecule has 1 aromatic heterocycles. The SMILES string of the molecule is CC(=O)Nc1cccc(-c2cccc(Cn3cnc4ccc(C(=O)NO)cc4c3=O)c2)c1. The predicted molar refractivity (Wildman–Crippen MR) is 121 cm³/mol. The van der Waals surface area contributed by atoms with E-state index in [0.29, 0.717) is 11.2 Å². The summed E-state index contributed by atoms with van der Waals surface area (Å²) in [6, 6.07) is 19.7. The van der Waals surface area contributed by atoms with Crippen molar-refractivity contribution >= 4 is 28.4 Å². The Hall–Kier alpha value is -4.30. The normalized spacial score (nSPS) is 10.7. The number of nitrogens with one attached hydrogen (secondary N) is 2. The number of carbonyl (C=O) groups is 2. The van der Waals surface area contributed by atoms with Crippen LogP contribution < -0.4 is 16.4 Å². The van der Waals surface area contributed by atoms with Crippen LogP contribution in [0.3, 0.4) is 0 Å². The van der Waals surface area contributed by atoms with Gasteiger partial charge in [-0.2, -0.15) is 0 Å². The van der Waals surface area contributed by atoms with Gasteiger partial charge in [0.15, 0.2) is 0 Å². The van der Waals surface area contributed by atoms with Crippen molar-refractivity contribution in [2.24, 2.45) is 0 Å². The molecule has 0 saturated carbocycles. The third kappa shape index (κ3) is 4.40. The molecule has 0 unspecified atom stereocenters. The highest BCUT2D eigenvalue weighted by Crippen LogP contribution is 2.24. The minimum absolute atomic E-state index is 0.140. The van der Waals surface area contributed by atoms with E-state index in [-0.39, 0.29) is 29.0 Å². The first kappa shape index (κ1) is 21.0. The maximum absolute atomic E-state index is 13.0.